The minimum Gasteiger partial charge on any atom is -0.376 e. The second kappa shape index (κ2) is 9.80. The van der Waals surface area contributed by atoms with Gasteiger partial charge in [0.05, 0.1) is 6.54 Å². The summed E-state index contributed by atoms with van der Waals surface area (Å²) in [4.78, 5) is 26.9. The van der Waals surface area contributed by atoms with Gasteiger partial charge in [0, 0.05) is 40.1 Å². The molecule has 3 rings (SSSR count). The Morgan fingerprint density at radius 2 is 1.57 bits per heavy atom. The van der Waals surface area contributed by atoms with Crippen molar-refractivity contribution < 1.29 is 9.59 Å². The van der Waals surface area contributed by atoms with Gasteiger partial charge in [0.25, 0.3) is 5.91 Å². The number of benzene rings is 2. The van der Waals surface area contributed by atoms with Gasteiger partial charge in [0.1, 0.15) is 0 Å². The molecular formula is C21H23Cl2N3O2. The molecule has 0 aromatic heterocycles. The molecule has 0 spiro atoms. The first-order valence-electron chi connectivity index (χ1n) is 9.40. The molecule has 1 aliphatic rings. The summed E-state index contributed by atoms with van der Waals surface area (Å²) < 4.78 is 0. The number of carbonyl (C=O) groups excluding carboxylic acids is 2. The van der Waals surface area contributed by atoms with Crippen molar-refractivity contribution in [2.24, 2.45) is 0 Å². The highest BCUT2D eigenvalue weighted by atomic mass is 35.5. The molecule has 2 N–H and O–H groups in total. The maximum absolute atomic E-state index is 12.7. The van der Waals surface area contributed by atoms with Crippen molar-refractivity contribution in [1.29, 1.82) is 0 Å². The van der Waals surface area contributed by atoms with Crippen LogP contribution in [0.15, 0.2) is 42.5 Å². The molecule has 7 heteroatoms. The Kier molecular flexibility index (Phi) is 7.18. The summed E-state index contributed by atoms with van der Waals surface area (Å²) in [5.74, 6) is -0.208. The molecule has 0 radical (unpaired) electrons. The molecule has 0 bridgehead atoms. The van der Waals surface area contributed by atoms with Crippen LogP contribution in [-0.2, 0) is 4.79 Å². The van der Waals surface area contributed by atoms with Gasteiger partial charge in [-0.15, -0.1) is 0 Å². The zero-order chi connectivity index (χ0) is 19.9. The second-order valence-electron chi connectivity index (χ2n) is 6.85. The van der Waals surface area contributed by atoms with E-state index < -0.39 is 0 Å². The number of rotatable bonds is 5. The minimum absolute atomic E-state index is 0.0182. The topological polar surface area (TPSA) is 61.4 Å². The van der Waals surface area contributed by atoms with Crippen molar-refractivity contribution in [2.45, 2.75) is 25.7 Å². The largest absolute Gasteiger partial charge is 0.376 e. The Hall–Kier alpha value is -2.24. The van der Waals surface area contributed by atoms with Crippen LogP contribution in [0.5, 0.6) is 0 Å². The molecule has 0 aliphatic carbocycles. The number of hydrogen-bond donors (Lipinski definition) is 2. The standard InChI is InChI=1S/C21H23Cl2N3O2/c22-16-11-17(23)13-19(12-16)24-14-20(27)25-18-7-5-6-15(10-18)21(28)26-8-3-1-2-4-9-26/h5-7,10-13,24H,1-4,8-9,14H2,(H,25,27). The fraction of sp³-hybridized carbons (Fsp3) is 0.333. The number of halogens is 2. The van der Waals surface area contributed by atoms with Crippen LogP contribution in [0.2, 0.25) is 10.0 Å². The van der Waals surface area contributed by atoms with Crippen molar-refractivity contribution in [3.05, 3.63) is 58.1 Å². The average molecular weight is 420 g/mol. The predicted octanol–water partition coefficient (Wildman–Crippen LogP) is 5.06. The first kappa shape index (κ1) is 20.5. The van der Waals surface area contributed by atoms with Crippen molar-refractivity contribution >= 4 is 46.4 Å². The van der Waals surface area contributed by atoms with Crippen LogP contribution in [0.1, 0.15) is 36.0 Å². The van der Waals surface area contributed by atoms with Crippen molar-refractivity contribution in [1.82, 2.24) is 4.90 Å². The number of nitrogens with zero attached hydrogens (tertiary/aromatic N) is 1. The van der Waals surface area contributed by atoms with Gasteiger partial charge >= 0.3 is 0 Å². The Morgan fingerprint density at radius 1 is 0.893 bits per heavy atom. The predicted molar refractivity (Wildman–Crippen MR) is 114 cm³/mol. The summed E-state index contributed by atoms with van der Waals surface area (Å²) in [6, 6.07) is 12.1. The fourth-order valence-corrected chi connectivity index (χ4v) is 3.76. The van der Waals surface area contributed by atoms with Crippen LogP contribution in [0.3, 0.4) is 0 Å². The minimum atomic E-state index is -0.226. The summed E-state index contributed by atoms with van der Waals surface area (Å²) in [6.07, 6.45) is 4.43. The fourth-order valence-electron chi connectivity index (χ4n) is 3.23. The number of carbonyl (C=O) groups is 2. The van der Waals surface area contributed by atoms with Crippen molar-refractivity contribution in [3.63, 3.8) is 0 Å². The van der Waals surface area contributed by atoms with Gasteiger partial charge in [-0.3, -0.25) is 9.59 Å². The monoisotopic (exact) mass is 419 g/mol. The second-order valence-corrected chi connectivity index (χ2v) is 7.72. The van der Waals surface area contributed by atoms with Crippen LogP contribution in [0.4, 0.5) is 11.4 Å². The molecule has 0 atom stereocenters. The molecule has 0 saturated carbocycles. The maximum Gasteiger partial charge on any atom is 0.253 e. The van der Waals surface area contributed by atoms with Gasteiger partial charge in [-0.05, 0) is 49.2 Å². The summed E-state index contributed by atoms with van der Waals surface area (Å²) in [5.41, 5.74) is 1.85. The van der Waals surface area contributed by atoms with Crippen LogP contribution in [0.25, 0.3) is 0 Å². The molecule has 0 unspecified atom stereocenters. The summed E-state index contributed by atoms with van der Waals surface area (Å²) in [5, 5.41) is 6.79. The average Bonchev–Trinajstić information content (AvgIpc) is 2.95. The van der Waals surface area contributed by atoms with E-state index in [1.807, 2.05) is 4.90 Å². The van der Waals surface area contributed by atoms with E-state index in [0.29, 0.717) is 27.0 Å². The SMILES string of the molecule is O=C(CNc1cc(Cl)cc(Cl)c1)Nc1cccc(C(=O)N2CCCCCC2)c1. The maximum atomic E-state index is 12.7. The lowest BCUT2D eigenvalue weighted by Gasteiger charge is -2.20. The van der Waals surface area contributed by atoms with Crippen LogP contribution >= 0.6 is 23.2 Å². The molecule has 1 aliphatic heterocycles. The zero-order valence-corrected chi connectivity index (χ0v) is 17.0. The van der Waals surface area contributed by atoms with E-state index >= 15 is 0 Å². The van der Waals surface area contributed by atoms with Gasteiger partial charge in [-0.1, -0.05) is 42.1 Å². The van der Waals surface area contributed by atoms with Gasteiger partial charge in [-0.2, -0.15) is 0 Å². The first-order chi connectivity index (χ1) is 13.5. The molecule has 1 heterocycles. The van der Waals surface area contributed by atoms with E-state index in [1.54, 1.807) is 42.5 Å². The van der Waals surface area contributed by atoms with Crippen molar-refractivity contribution in [3.8, 4) is 0 Å². The highest BCUT2D eigenvalue weighted by molar-refractivity contribution is 6.35. The third-order valence-corrected chi connectivity index (χ3v) is 5.04. The van der Waals surface area contributed by atoms with E-state index in [1.165, 1.54) is 12.8 Å². The molecule has 148 valence electrons. The molecule has 2 aromatic rings. The Labute approximate surface area is 175 Å². The quantitative estimate of drug-likeness (QED) is 0.711. The molecule has 2 amide bonds. The Morgan fingerprint density at radius 3 is 2.25 bits per heavy atom. The van der Waals surface area contributed by atoms with E-state index in [2.05, 4.69) is 10.6 Å². The summed E-state index contributed by atoms with van der Waals surface area (Å²) in [6.45, 7) is 1.64. The highest BCUT2D eigenvalue weighted by Crippen LogP contribution is 2.22. The van der Waals surface area contributed by atoms with Gasteiger partial charge in [0.15, 0.2) is 0 Å². The molecule has 28 heavy (non-hydrogen) atoms. The van der Waals surface area contributed by atoms with E-state index in [0.717, 1.165) is 25.9 Å². The number of anilines is 2. The Bertz CT molecular complexity index is 829. The summed E-state index contributed by atoms with van der Waals surface area (Å²) >= 11 is 11.9. The van der Waals surface area contributed by atoms with Crippen LogP contribution in [0, 0.1) is 0 Å². The molecule has 1 fully saturated rings. The third-order valence-electron chi connectivity index (χ3n) is 4.60. The first-order valence-corrected chi connectivity index (χ1v) is 10.2. The van der Waals surface area contributed by atoms with Gasteiger partial charge < -0.3 is 15.5 Å². The van der Waals surface area contributed by atoms with E-state index in [9.17, 15) is 9.59 Å². The van der Waals surface area contributed by atoms with E-state index in [-0.39, 0.29) is 18.4 Å². The van der Waals surface area contributed by atoms with Gasteiger partial charge in [-0.25, -0.2) is 0 Å². The lowest BCUT2D eigenvalue weighted by Crippen LogP contribution is -2.31. The van der Waals surface area contributed by atoms with Crippen molar-refractivity contribution in [2.75, 3.05) is 30.3 Å². The Balaban J connectivity index is 1.58. The third kappa shape index (κ3) is 5.88. The number of nitrogens with one attached hydrogen (secondary N) is 2. The molecular weight excluding hydrogens is 397 g/mol. The van der Waals surface area contributed by atoms with E-state index in [4.69, 9.17) is 23.2 Å². The number of likely N-dealkylation sites (tertiary alicyclic amines) is 1. The smallest absolute Gasteiger partial charge is 0.253 e. The molecule has 2 aromatic carbocycles. The van der Waals surface area contributed by atoms with Crippen LogP contribution < -0.4 is 10.6 Å². The highest BCUT2D eigenvalue weighted by Gasteiger charge is 2.17. The van der Waals surface area contributed by atoms with Gasteiger partial charge in [0.2, 0.25) is 5.91 Å². The van der Waals surface area contributed by atoms with Crippen LogP contribution in [-0.4, -0.2) is 36.3 Å². The number of amides is 2. The molecule has 1 saturated heterocycles. The number of hydrogen-bond acceptors (Lipinski definition) is 3. The summed E-state index contributed by atoms with van der Waals surface area (Å²) in [7, 11) is 0. The normalized spacial score (nSPS) is 14.3. The lowest BCUT2D eigenvalue weighted by molar-refractivity contribution is -0.114. The molecule has 5 nitrogen and oxygen atoms in total. The zero-order valence-electron chi connectivity index (χ0n) is 15.5. The lowest BCUT2D eigenvalue weighted by atomic mass is 10.1.